The van der Waals surface area contributed by atoms with Crippen LogP contribution < -0.4 is 16.6 Å². The molecule has 2 amide bonds. The van der Waals surface area contributed by atoms with Crippen molar-refractivity contribution in [2.45, 2.75) is 51.4 Å². The van der Waals surface area contributed by atoms with E-state index in [0.717, 1.165) is 16.8 Å². The van der Waals surface area contributed by atoms with Gasteiger partial charge in [0.25, 0.3) is 17.4 Å². The van der Waals surface area contributed by atoms with E-state index in [1.54, 1.807) is 50.6 Å². The summed E-state index contributed by atoms with van der Waals surface area (Å²) in [5.74, 6) is -0.227. The summed E-state index contributed by atoms with van der Waals surface area (Å²) in [5, 5.41) is 7.36. The molecule has 47 heavy (non-hydrogen) atoms. The van der Waals surface area contributed by atoms with E-state index >= 15 is 0 Å². The highest BCUT2D eigenvalue weighted by Gasteiger charge is 2.35. The molecule has 3 N–H and O–H groups in total. The standard InChI is InChI=1S/C33H34FN9O4/c1-33(2,34)32(46)40-13-10-21(11-14-40)24-17-23(28-29(35)37-19-38-42(24)28)20-6-8-22(9-7-20)39-30(44)27-25-18-47-16-15-41(25)43(31(27)45)26-5-3-4-12-36-26/h3-9,12,17,19,21H,10-11,13-16,18H2,1-2H3,(H,39,44)(H2,35,37,38). The molecule has 6 heterocycles. The van der Waals surface area contributed by atoms with Crippen molar-refractivity contribution in [3.8, 4) is 16.9 Å². The van der Waals surface area contributed by atoms with Crippen LogP contribution in [-0.2, 0) is 22.7 Å². The van der Waals surface area contributed by atoms with Crippen LogP contribution in [0.3, 0.4) is 0 Å². The summed E-state index contributed by atoms with van der Waals surface area (Å²) in [4.78, 5) is 49.7. The van der Waals surface area contributed by atoms with Crippen molar-refractivity contribution in [2.75, 3.05) is 30.7 Å². The molecule has 0 spiro atoms. The Morgan fingerprint density at radius 3 is 2.53 bits per heavy atom. The lowest BCUT2D eigenvalue weighted by Crippen LogP contribution is -2.46. The van der Waals surface area contributed by atoms with E-state index in [2.05, 4.69) is 20.4 Å². The van der Waals surface area contributed by atoms with Crippen LogP contribution in [0.15, 0.2) is 65.8 Å². The molecule has 0 aliphatic carbocycles. The Labute approximate surface area is 268 Å². The lowest BCUT2D eigenvalue weighted by Gasteiger charge is -2.34. The number of nitrogens with two attached hydrogens (primary N) is 1. The molecule has 0 unspecified atom stereocenters. The zero-order valence-electron chi connectivity index (χ0n) is 26.0. The van der Waals surface area contributed by atoms with Crippen molar-refractivity contribution in [1.82, 2.24) is 33.8 Å². The molecule has 14 heteroatoms. The van der Waals surface area contributed by atoms with E-state index in [1.807, 2.05) is 18.2 Å². The first kappa shape index (κ1) is 30.3. The number of ether oxygens (including phenoxy) is 1. The first-order chi connectivity index (χ1) is 22.6. The summed E-state index contributed by atoms with van der Waals surface area (Å²) in [5.41, 5.74) is 8.19. The largest absolute Gasteiger partial charge is 0.382 e. The van der Waals surface area contributed by atoms with Gasteiger partial charge in [0.05, 0.1) is 25.5 Å². The maximum Gasteiger partial charge on any atom is 0.286 e. The minimum Gasteiger partial charge on any atom is -0.382 e. The molecular formula is C33H34FN9O4. The summed E-state index contributed by atoms with van der Waals surface area (Å²) in [6.07, 6.45) is 4.31. The van der Waals surface area contributed by atoms with Gasteiger partial charge in [-0.3, -0.25) is 19.1 Å². The van der Waals surface area contributed by atoms with Crippen molar-refractivity contribution < 1.29 is 18.7 Å². The van der Waals surface area contributed by atoms with E-state index in [1.165, 1.54) is 24.9 Å². The first-order valence-corrected chi connectivity index (χ1v) is 15.5. The number of alkyl halides is 1. The van der Waals surface area contributed by atoms with Gasteiger partial charge in [-0.05, 0) is 62.6 Å². The molecule has 0 radical (unpaired) electrons. The van der Waals surface area contributed by atoms with Gasteiger partial charge in [-0.1, -0.05) is 18.2 Å². The SMILES string of the molecule is CC(C)(F)C(=O)N1CCC(c2cc(-c3ccc(NC(=O)c4c5n(n(-c6ccccn6)c4=O)CCOC5)cc3)c3c(N)ncnn23)CC1. The number of nitrogen functional groups attached to an aromatic ring is 1. The highest BCUT2D eigenvalue weighted by molar-refractivity contribution is 6.05. The summed E-state index contributed by atoms with van der Waals surface area (Å²) >= 11 is 0. The third-order valence-electron chi connectivity index (χ3n) is 8.80. The van der Waals surface area contributed by atoms with Crippen molar-refractivity contribution in [2.24, 2.45) is 0 Å². The van der Waals surface area contributed by atoms with Gasteiger partial charge in [0.15, 0.2) is 17.3 Å². The molecule has 242 valence electrons. The Morgan fingerprint density at radius 1 is 1.06 bits per heavy atom. The fraction of sp³-hybridized carbons (Fsp3) is 0.333. The number of rotatable bonds is 6. The molecule has 5 aromatic rings. The average Bonchev–Trinajstić information content (AvgIpc) is 3.61. The number of nitrogens with zero attached hydrogens (tertiary/aromatic N) is 7. The fourth-order valence-corrected chi connectivity index (χ4v) is 6.51. The summed E-state index contributed by atoms with van der Waals surface area (Å²) in [6.45, 7) is 4.42. The van der Waals surface area contributed by atoms with Gasteiger partial charge in [-0.15, -0.1) is 0 Å². The van der Waals surface area contributed by atoms with Crippen LogP contribution in [0.1, 0.15) is 54.4 Å². The molecule has 0 bridgehead atoms. The topological polar surface area (TPSA) is 155 Å². The molecule has 4 aromatic heterocycles. The predicted molar refractivity (Wildman–Crippen MR) is 172 cm³/mol. The monoisotopic (exact) mass is 639 g/mol. The Bertz CT molecular complexity index is 2040. The van der Waals surface area contributed by atoms with Gasteiger partial charge in [0.1, 0.15) is 17.4 Å². The third-order valence-corrected chi connectivity index (χ3v) is 8.80. The van der Waals surface area contributed by atoms with Crippen LogP contribution in [0.4, 0.5) is 15.9 Å². The fourth-order valence-electron chi connectivity index (χ4n) is 6.51. The number of carbonyl (C=O) groups is 2. The number of benzene rings is 1. The van der Waals surface area contributed by atoms with Crippen molar-refractivity contribution >= 4 is 28.8 Å². The zero-order valence-corrected chi connectivity index (χ0v) is 26.0. The predicted octanol–water partition coefficient (Wildman–Crippen LogP) is 3.56. The quantitative estimate of drug-likeness (QED) is 0.286. The molecule has 2 aliphatic heterocycles. The van der Waals surface area contributed by atoms with Gasteiger partial charge >= 0.3 is 0 Å². The van der Waals surface area contributed by atoms with Crippen molar-refractivity contribution in [3.63, 3.8) is 0 Å². The summed E-state index contributed by atoms with van der Waals surface area (Å²) < 4.78 is 24.8. The van der Waals surface area contributed by atoms with Gasteiger partial charge in [-0.2, -0.15) is 9.78 Å². The number of likely N-dealkylation sites (tertiary alicyclic amines) is 1. The molecule has 0 saturated carbocycles. The van der Waals surface area contributed by atoms with Gasteiger partial charge in [-0.25, -0.2) is 18.9 Å². The summed E-state index contributed by atoms with van der Waals surface area (Å²) in [6, 6.07) is 14.5. The smallest absolute Gasteiger partial charge is 0.286 e. The van der Waals surface area contributed by atoms with E-state index < -0.39 is 23.0 Å². The lowest BCUT2D eigenvalue weighted by molar-refractivity contribution is -0.143. The molecular weight excluding hydrogens is 605 g/mol. The van der Waals surface area contributed by atoms with Crippen LogP contribution in [0.2, 0.25) is 0 Å². The van der Waals surface area contributed by atoms with Crippen LogP contribution in [0, 0.1) is 0 Å². The van der Waals surface area contributed by atoms with Crippen LogP contribution in [0.25, 0.3) is 22.5 Å². The number of pyridine rings is 1. The van der Waals surface area contributed by atoms with Crippen LogP contribution in [0.5, 0.6) is 0 Å². The Kier molecular flexibility index (Phi) is 7.59. The number of amides is 2. The highest BCUT2D eigenvalue weighted by Crippen LogP contribution is 2.37. The number of piperidine rings is 1. The van der Waals surface area contributed by atoms with Crippen LogP contribution >= 0.6 is 0 Å². The number of fused-ring (bicyclic) bond motifs is 2. The van der Waals surface area contributed by atoms with E-state index in [0.29, 0.717) is 67.6 Å². The van der Waals surface area contributed by atoms with E-state index in [9.17, 15) is 18.8 Å². The zero-order chi connectivity index (χ0) is 32.9. The van der Waals surface area contributed by atoms with Gasteiger partial charge in [0, 0.05) is 42.1 Å². The third kappa shape index (κ3) is 5.43. The first-order valence-electron chi connectivity index (χ1n) is 15.5. The second-order valence-corrected chi connectivity index (χ2v) is 12.3. The average molecular weight is 640 g/mol. The Balaban J connectivity index is 1.15. The highest BCUT2D eigenvalue weighted by atomic mass is 19.1. The molecule has 13 nitrogen and oxygen atoms in total. The minimum absolute atomic E-state index is 0.00949. The molecule has 7 rings (SSSR count). The van der Waals surface area contributed by atoms with Gasteiger partial charge < -0.3 is 20.7 Å². The minimum atomic E-state index is -1.91. The second-order valence-electron chi connectivity index (χ2n) is 12.3. The van der Waals surface area contributed by atoms with E-state index in [-0.39, 0.29) is 18.1 Å². The molecule has 1 fully saturated rings. The maximum absolute atomic E-state index is 14.3. The number of halogens is 1. The molecule has 2 aliphatic rings. The second kappa shape index (κ2) is 11.8. The van der Waals surface area contributed by atoms with E-state index in [4.69, 9.17) is 10.5 Å². The number of nitrogens with one attached hydrogen (secondary N) is 1. The number of anilines is 2. The molecule has 1 saturated heterocycles. The Hall–Kier alpha value is -5.37. The number of hydrogen-bond acceptors (Lipinski definition) is 8. The Morgan fingerprint density at radius 2 is 1.83 bits per heavy atom. The van der Waals surface area contributed by atoms with Crippen LogP contribution in [-0.4, -0.2) is 71.0 Å². The van der Waals surface area contributed by atoms with Gasteiger partial charge in [0.2, 0.25) is 0 Å². The van der Waals surface area contributed by atoms with Crippen molar-refractivity contribution in [3.05, 3.63) is 88.4 Å². The summed E-state index contributed by atoms with van der Waals surface area (Å²) in [7, 11) is 0. The van der Waals surface area contributed by atoms with Crippen molar-refractivity contribution in [1.29, 1.82) is 0 Å². The lowest BCUT2D eigenvalue weighted by atomic mass is 9.92. The number of hydrogen-bond donors (Lipinski definition) is 2. The number of carbonyl (C=O) groups excluding carboxylic acids is 2. The maximum atomic E-state index is 14.3. The molecule has 1 aromatic carbocycles. The normalized spacial score (nSPS) is 15.5. The number of aromatic nitrogens is 6. The molecule has 0 atom stereocenters.